The summed E-state index contributed by atoms with van der Waals surface area (Å²) in [5, 5.41) is 1.37. The third-order valence-corrected chi connectivity index (χ3v) is 3.76. The van der Waals surface area contributed by atoms with E-state index in [1.807, 2.05) is 0 Å². The molecule has 0 atom stereocenters. The van der Waals surface area contributed by atoms with E-state index in [2.05, 4.69) is 9.72 Å². The Balaban J connectivity index is 2.05. The van der Waals surface area contributed by atoms with Crippen LogP contribution in [0.1, 0.15) is 15.9 Å². The number of methoxy groups -OCH3 is 1. The maximum atomic E-state index is 13.7. The molecule has 0 saturated heterocycles. The standard InChI is InChI=1S/C14H11ClFNO2S/c1-19-14(18)11-4-2-9(6-12(11)16)8-20-13-5-3-10(15)7-17-13/h2-7H,8H2,1H3. The van der Waals surface area contributed by atoms with Crippen LogP contribution in [0.4, 0.5) is 4.39 Å². The fourth-order valence-corrected chi connectivity index (χ4v) is 2.43. The van der Waals surface area contributed by atoms with Crippen molar-refractivity contribution in [2.24, 2.45) is 0 Å². The van der Waals surface area contributed by atoms with Crippen LogP contribution in [0.15, 0.2) is 41.6 Å². The van der Waals surface area contributed by atoms with Crippen LogP contribution < -0.4 is 0 Å². The monoisotopic (exact) mass is 311 g/mol. The van der Waals surface area contributed by atoms with E-state index in [-0.39, 0.29) is 5.56 Å². The number of hydrogen-bond acceptors (Lipinski definition) is 4. The molecule has 2 rings (SSSR count). The van der Waals surface area contributed by atoms with Crippen molar-refractivity contribution in [1.29, 1.82) is 0 Å². The van der Waals surface area contributed by atoms with Crippen molar-refractivity contribution in [3.05, 3.63) is 58.5 Å². The minimum absolute atomic E-state index is 0.0640. The number of hydrogen-bond donors (Lipinski definition) is 0. The molecular weight excluding hydrogens is 301 g/mol. The molecule has 6 heteroatoms. The Bertz CT molecular complexity index is 619. The van der Waals surface area contributed by atoms with Crippen molar-refractivity contribution in [2.45, 2.75) is 10.8 Å². The van der Waals surface area contributed by atoms with Crippen LogP contribution in [0.25, 0.3) is 0 Å². The van der Waals surface area contributed by atoms with Crippen LogP contribution in [0.3, 0.4) is 0 Å². The van der Waals surface area contributed by atoms with Gasteiger partial charge in [0.1, 0.15) is 5.82 Å². The van der Waals surface area contributed by atoms with E-state index in [0.717, 1.165) is 10.6 Å². The quantitative estimate of drug-likeness (QED) is 0.633. The maximum absolute atomic E-state index is 13.7. The lowest BCUT2D eigenvalue weighted by Crippen LogP contribution is -2.04. The summed E-state index contributed by atoms with van der Waals surface area (Å²) in [6, 6.07) is 7.99. The van der Waals surface area contributed by atoms with E-state index in [1.54, 1.807) is 24.4 Å². The first-order valence-electron chi connectivity index (χ1n) is 5.71. The minimum atomic E-state index is -0.680. The summed E-state index contributed by atoms with van der Waals surface area (Å²) in [6.45, 7) is 0. The van der Waals surface area contributed by atoms with Crippen molar-refractivity contribution in [3.63, 3.8) is 0 Å². The second-order valence-electron chi connectivity index (χ2n) is 3.91. The predicted molar refractivity (Wildman–Crippen MR) is 76.5 cm³/mol. The molecule has 0 bridgehead atoms. The third kappa shape index (κ3) is 3.71. The van der Waals surface area contributed by atoms with Gasteiger partial charge in [0.05, 0.1) is 22.7 Å². The van der Waals surface area contributed by atoms with Crippen LogP contribution in [0.2, 0.25) is 5.02 Å². The highest BCUT2D eigenvalue weighted by atomic mass is 35.5. The Kier molecular flexibility index (Phi) is 4.98. The fourth-order valence-electron chi connectivity index (χ4n) is 1.53. The van der Waals surface area contributed by atoms with Gasteiger partial charge in [-0.3, -0.25) is 0 Å². The van der Waals surface area contributed by atoms with Gasteiger partial charge in [0.15, 0.2) is 0 Å². The number of carbonyl (C=O) groups is 1. The molecule has 20 heavy (non-hydrogen) atoms. The summed E-state index contributed by atoms with van der Waals surface area (Å²) in [5.74, 6) is -0.715. The van der Waals surface area contributed by atoms with Gasteiger partial charge in [-0.15, -0.1) is 11.8 Å². The molecule has 0 saturated carbocycles. The van der Waals surface area contributed by atoms with Gasteiger partial charge in [-0.05, 0) is 29.8 Å². The average Bonchev–Trinajstić information content (AvgIpc) is 2.46. The van der Waals surface area contributed by atoms with Gasteiger partial charge in [0, 0.05) is 11.9 Å². The van der Waals surface area contributed by atoms with Gasteiger partial charge in [0.2, 0.25) is 0 Å². The largest absolute Gasteiger partial charge is 0.465 e. The van der Waals surface area contributed by atoms with Gasteiger partial charge < -0.3 is 4.74 Å². The number of esters is 1. The summed E-state index contributed by atoms with van der Waals surface area (Å²) in [4.78, 5) is 15.4. The van der Waals surface area contributed by atoms with Crippen LogP contribution in [-0.4, -0.2) is 18.1 Å². The molecule has 0 radical (unpaired) electrons. The number of ether oxygens (including phenoxy) is 1. The lowest BCUT2D eigenvalue weighted by molar-refractivity contribution is 0.0595. The van der Waals surface area contributed by atoms with E-state index in [1.165, 1.54) is 31.0 Å². The molecule has 0 aliphatic heterocycles. The topological polar surface area (TPSA) is 39.2 Å². The third-order valence-electron chi connectivity index (χ3n) is 2.53. The van der Waals surface area contributed by atoms with Crippen molar-refractivity contribution < 1.29 is 13.9 Å². The molecule has 0 aliphatic carbocycles. The number of pyridine rings is 1. The number of carbonyl (C=O) groups excluding carboxylic acids is 1. The molecule has 104 valence electrons. The van der Waals surface area contributed by atoms with Crippen LogP contribution in [0.5, 0.6) is 0 Å². The molecule has 0 fully saturated rings. The molecule has 1 heterocycles. The summed E-state index contributed by atoms with van der Waals surface area (Å²) < 4.78 is 18.2. The summed E-state index contributed by atoms with van der Waals surface area (Å²) in [5.41, 5.74) is 0.697. The van der Waals surface area contributed by atoms with Gasteiger partial charge >= 0.3 is 5.97 Å². The highest BCUT2D eigenvalue weighted by Crippen LogP contribution is 2.23. The van der Waals surface area contributed by atoms with Crippen molar-refractivity contribution in [2.75, 3.05) is 7.11 Å². The second-order valence-corrected chi connectivity index (χ2v) is 5.34. The summed E-state index contributed by atoms with van der Waals surface area (Å²) in [7, 11) is 1.22. The Morgan fingerprint density at radius 3 is 2.80 bits per heavy atom. The van der Waals surface area contributed by atoms with E-state index < -0.39 is 11.8 Å². The number of halogens is 2. The maximum Gasteiger partial charge on any atom is 0.340 e. The SMILES string of the molecule is COC(=O)c1ccc(CSc2ccc(Cl)cn2)cc1F. The lowest BCUT2D eigenvalue weighted by Gasteiger charge is -2.05. The Labute approximate surface area is 125 Å². The van der Waals surface area contributed by atoms with E-state index in [9.17, 15) is 9.18 Å². The minimum Gasteiger partial charge on any atom is -0.465 e. The highest BCUT2D eigenvalue weighted by molar-refractivity contribution is 7.98. The normalized spacial score (nSPS) is 10.3. The number of benzene rings is 1. The molecule has 0 amide bonds. The van der Waals surface area contributed by atoms with Gasteiger partial charge in [-0.2, -0.15) is 0 Å². The predicted octanol–water partition coefficient (Wildman–Crippen LogP) is 3.95. The highest BCUT2D eigenvalue weighted by Gasteiger charge is 2.12. The van der Waals surface area contributed by atoms with Crippen molar-refractivity contribution in [1.82, 2.24) is 4.98 Å². The second kappa shape index (κ2) is 6.72. The Morgan fingerprint density at radius 2 is 2.20 bits per heavy atom. The van der Waals surface area contributed by atoms with Crippen LogP contribution in [-0.2, 0) is 10.5 Å². The molecular formula is C14H11ClFNO2S. The molecule has 0 unspecified atom stereocenters. The summed E-state index contributed by atoms with van der Waals surface area (Å²) >= 11 is 7.20. The molecule has 0 spiro atoms. The molecule has 0 aliphatic rings. The first-order valence-corrected chi connectivity index (χ1v) is 7.07. The van der Waals surface area contributed by atoms with Crippen LogP contribution in [0, 0.1) is 5.82 Å². The first kappa shape index (κ1) is 14.8. The van der Waals surface area contributed by atoms with E-state index in [0.29, 0.717) is 10.8 Å². The zero-order valence-corrected chi connectivity index (χ0v) is 12.2. The number of rotatable bonds is 4. The fraction of sp³-hybridized carbons (Fsp3) is 0.143. The Hall–Kier alpha value is -1.59. The number of nitrogens with zero attached hydrogens (tertiary/aromatic N) is 1. The van der Waals surface area contributed by atoms with Gasteiger partial charge in [0.25, 0.3) is 0 Å². The zero-order chi connectivity index (χ0) is 14.5. The smallest absolute Gasteiger partial charge is 0.340 e. The lowest BCUT2D eigenvalue weighted by atomic mass is 10.1. The first-order chi connectivity index (χ1) is 9.60. The number of aromatic nitrogens is 1. The molecule has 0 N–H and O–H groups in total. The molecule has 1 aromatic heterocycles. The average molecular weight is 312 g/mol. The van der Waals surface area contributed by atoms with Gasteiger partial charge in [-0.1, -0.05) is 17.7 Å². The summed E-state index contributed by atoms with van der Waals surface area (Å²) in [6.07, 6.45) is 1.56. The van der Waals surface area contributed by atoms with Crippen LogP contribution >= 0.6 is 23.4 Å². The molecule has 1 aromatic carbocycles. The Morgan fingerprint density at radius 1 is 1.40 bits per heavy atom. The van der Waals surface area contributed by atoms with Gasteiger partial charge in [-0.25, -0.2) is 14.2 Å². The van der Waals surface area contributed by atoms with Crippen molar-refractivity contribution >= 4 is 29.3 Å². The van der Waals surface area contributed by atoms with Crippen molar-refractivity contribution in [3.8, 4) is 0 Å². The number of thioether (sulfide) groups is 1. The van der Waals surface area contributed by atoms with E-state index in [4.69, 9.17) is 11.6 Å². The van der Waals surface area contributed by atoms with E-state index >= 15 is 0 Å². The zero-order valence-electron chi connectivity index (χ0n) is 10.6. The molecule has 3 nitrogen and oxygen atoms in total. The molecule has 2 aromatic rings.